The van der Waals surface area contributed by atoms with Gasteiger partial charge in [-0.15, -0.1) is 11.8 Å². The molecule has 1 amide bonds. The highest BCUT2D eigenvalue weighted by Gasteiger charge is 2.05. The average molecular weight is 303 g/mol. The summed E-state index contributed by atoms with van der Waals surface area (Å²) in [6.07, 6.45) is 0. The molecule has 0 spiro atoms. The molecule has 0 saturated heterocycles. The Labute approximate surface area is 128 Å². The summed E-state index contributed by atoms with van der Waals surface area (Å²) < 4.78 is 13.0. The van der Waals surface area contributed by atoms with Gasteiger partial charge in [0.25, 0.3) is 5.91 Å². The molecule has 0 aliphatic rings. The van der Waals surface area contributed by atoms with Crippen molar-refractivity contribution < 1.29 is 9.18 Å². The van der Waals surface area contributed by atoms with Crippen LogP contribution >= 0.6 is 11.8 Å². The van der Waals surface area contributed by atoms with Crippen LogP contribution in [0.15, 0.2) is 47.4 Å². The van der Waals surface area contributed by atoms with Gasteiger partial charge in [-0.3, -0.25) is 4.79 Å². The summed E-state index contributed by atoms with van der Waals surface area (Å²) in [7, 11) is 0. The first-order chi connectivity index (χ1) is 10.1. The quantitative estimate of drug-likeness (QED) is 0.669. The van der Waals surface area contributed by atoms with Crippen LogP contribution in [0.2, 0.25) is 0 Å². The maximum absolute atomic E-state index is 13.0. The lowest BCUT2D eigenvalue weighted by Gasteiger charge is -2.07. The fourth-order valence-electron chi connectivity index (χ4n) is 1.87. The summed E-state index contributed by atoms with van der Waals surface area (Å²) in [5.41, 5.74) is 2.90. The van der Waals surface area contributed by atoms with Crippen LogP contribution in [0.25, 0.3) is 0 Å². The number of hydrogen-bond donors (Lipinski definition) is 1. The van der Waals surface area contributed by atoms with Crippen LogP contribution in [0.4, 0.5) is 4.39 Å². The number of benzene rings is 2. The van der Waals surface area contributed by atoms with Gasteiger partial charge in [0, 0.05) is 22.8 Å². The number of carbonyl (C=O) groups is 1. The zero-order chi connectivity index (χ0) is 15.2. The van der Waals surface area contributed by atoms with Crippen LogP contribution in [0, 0.1) is 19.7 Å². The Balaban J connectivity index is 1.79. The highest BCUT2D eigenvalue weighted by atomic mass is 32.2. The van der Waals surface area contributed by atoms with Gasteiger partial charge in [0.15, 0.2) is 0 Å². The zero-order valence-corrected chi connectivity index (χ0v) is 13.0. The number of halogens is 1. The van der Waals surface area contributed by atoms with Crippen LogP contribution in [0.3, 0.4) is 0 Å². The zero-order valence-electron chi connectivity index (χ0n) is 12.2. The van der Waals surface area contributed by atoms with Gasteiger partial charge in [0.05, 0.1) is 0 Å². The molecule has 2 aromatic carbocycles. The Morgan fingerprint density at radius 3 is 2.67 bits per heavy atom. The smallest absolute Gasteiger partial charge is 0.251 e. The minimum Gasteiger partial charge on any atom is -0.351 e. The van der Waals surface area contributed by atoms with Crippen LogP contribution in [-0.4, -0.2) is 18.2 Å². The largest absolute Gasteiger partial charge is 0.351 e. The van der Waals surface area contributed by atoms with Gasteiger partial charge in [-0.05, 0) is 55.3 Å². The number of nitrogens with one attached hydrogen (secondary N) is 1. The minimum atomic E-state index is -0.396. The molecule has 0 aliphatic carbocycles. The number of hydrogen-bond acceptors (Lipinski definition) is 2. The predicted molar refractivity (Wildman–Crippen MR) is 85.4 cm³/mol. The number of carbonyl (C=O) groups excluding carboxylic acids is 1. The van der Waals surface area contributed by atoms with Crippen molar-refractivity contribution in [3.63, 3.8) is 0 Å². The molecule has 0 atom stereocenters. The SMILES string of the molecule is Cc1ccc(SCCNC(=O)c2cccc(F)c2)cc1C. The van der Waals surface area contributed by atoms with E-state index in [1.54, 1.807) is 17.8 Å². The molecule has 0 aliphatic heterocycles. The van der Waals surface area contributed by atoms with E-state index in [9.17, 15) is 9.18 Å². The van der Waals surface area contributed by atoms with E-state index in [2.05, 4.69) is 37.4 Å². The summed E-state index contributed by atoms with van der Waals surface area (Å²) in [4.78, 5) is 13.0. The molecule has 110 valence electrons. The van der Waals surface area contributed by atoms with Crippen LogP contribution in [-0.2, 0) is 0 Å². The van der Waals surface area contributed by atoms with E-state index in [0.29, 0.717) is 12.1 Å². The first-order valence-electron chi connectivity index (χ1n) is 6.80. The van der Waals surface area contributed by atoms with Crippen molar-refractivity contribution >= 4 is 17.7 Å². The summed E-state index contributed by atoms with van der Waals surface area (Å²) in [6, 6.07) is 12.0. The minimum absolute atomic E-state index is 0.241. The lowest BCUT2D eigenvalue weighted by atomic mass is 10.1. The molecule has 2 nitrogen and oxygen atoms in total. The average Bonchev–Trinajstić information content (AvgIpc) is 2.47. The lowest BCUT2D eigenvalue weighted by Crippen LogP contribution is -2.25. The molecule has 0 bridgehead atoms. The molecule has 1 N–H and O–H groups in total. The van der Waals surface area contributed by atoms with E-state index >= 15 is 0 Å². The van der Waals surface area contributed by atoms with Gasteiger partial charge >= 0.3 is 0 Å². The number of thioether (sulfide) groups is 1. The van der Waals surface area contributed by atoms with Crippen LogP contribution in [0.1, 0.15) is 21.5 Å². The van der Waals surface area contributed by atoms with E-state index in [1.807, 2.05) is 0 Å². The van der Waals surface area contributed by atoms with Crippen LogP contribution < -0.4 is 5.32 Å². The van der Waals surface area contributed by atoms with Crippen molar-refractivity contribution in [2.24, 2.45) is 0 Å². The Hall–Kier alpha value is -1.81. The van der Waals surface area contributed by atoms with Gasteiger partial charge in [0.2, 0.25) is 0 Å². The number of aryl methyl sites for hydroxylation is 2. The maximum atomic E-state index is 13.0. The molecule has 2 aromatic rings. The molecule has 0 radical (unpaired) electrons. The van der Waals surface area contributed by atoms with E-state index in [1.165, 1.54) is 34.2 Å². The Bertz CT molecular complexity index is 642. The topological polar surface area (TPSA) is 29.1 Å². The first kappa shape index (κ1) is 15.6. The number of rotatable bonds is 5. The summed E-state index contributed by atoms with van der Waals surface area (Å²) in [5.74, 6) is 0.145. The van der Waals surface area contributed by atoms with Crippen molar-refractivity contribution in [3.8, 4) is 0 Å². The Kier molecular flexibility index (Phi) is 5.39. The van der Waals surface area contributed by atoms with E-state index in [0.717, 1.165) is 5.75 Å². The molecular weight excluding hydrogens is 285 g/mol. The molecule has 0 heterocycles. The molecule has 0 fully saturated rings. The van der Waals surface area contributed by atoms with E-state index < -0.39 is 5.82 Å². The Morgan fingerprint density at radius 2 is 1.95 bits per heavy atom. The monoisotopic (exact) mass is 303 g/mol. The van der Waals surface area contributed by atoms with Gasteiger partial charge in [0.1, 0.15) is 5.82 Å². The van der Waals surface area contributed by atoms with Crippen molar-refractivity contribution in [3.05, 3.63) is 65.0 Å². The second-order valence-electron chi connectivity index (χ2n) is 4.86. The fourth-order valence-corrected chi connectivity index (χ4v) is 2.73. The van der Waals surface area contributed by atoms with Crippen molar-refractivity contribution in [2.45, 2.75) is 18.7 Å². The summed E-state index contributed by atoms with van der Waals surface area (Å²) in [6.45, 7) is 4.72. The first-order valence-corrected chi connectivity index (χ1v) is 7.78. The molecule has 0 aromatic heterocycles. The Morgan fingerprint density at radius 1 is 1.14 bits per heavy atom. The van der Waals surface area contributed by atoms with E-state index in [4.69, 9.17) is 0 Å². The highest BCUT2D eigenvalue weighted by molar-refractivity contribution is 7.99. The molecule has 4 heteroatoms. The summed E-state index contributed by atoms with van der Waals surface area (Å²) in [5, 5.41) is 2.80. The summed E-state index contributed by atoms with van der Waals surface area (Å²) >= 11 is 1.69. The third-order valence-electron chi connectivity index (χ3n) is 3.22. The van der Waals surface area contributed by atoms with Gasteiger partial charge < -0.3 is 5.32 Å². The van der Waals surface area contributed by atoms with Crippen molar-refractivity contribution in [1.29, 1.82) is 0 Å². The predicted octanol–water partition coefficient (Wildman–Crippen LogP) is 3.96. The molecule has 0 saturated carbocycles. The van der Waals surface area contributed by atoms with Gasteiger partial charge in [-0.1, -0.05) is 12.1 Å². The van der Waals surface area contributed by atoms with Gasteiger partial charge in [-0.2, -0.15) is 0 Å². The second kappa shape index (κ2) is 7.27. The molecule has 21 heavy (non-hydrogen) atoms. The normalized spacial score (nSPS) is 10.4. The highest BCUT2D eigenvalue weighted by Crippen LogP contribution is 2.20. The fraction of sp³-hybridized carbons (Fsp3) is 0.235. The van der Waals surface area contributed by atoms with Gasteiger partial charge in [-0.25, -0.2) is 4.39 Å². The van der Waals surface area contributed by atoms with Crippen molar-refractivity contribution in [2.75, 3.05) is 12.3 Å². The second-order valence-corrected chi connectivity index (χ2v) is 6.03. The third-order valence-corrected chi connectivity index (χ3v) is 4.22. The lowest BCUT2D eigenvalue weighted by molar-refractivity contribution is 0.0955. The van der Waals surface area contributed by atoms with Crippen molar-refractivity contribution in [1.82, 2.24) is 5.32 Å². The standard InChI is InChI=1S/C17H18FNOS/c1-12-6-7-16(10-13(12)2)21-9-8-19-17(20)14-4-3-5-15(18)11-14/h3-7,10-11H,8-9H2,1-2H3,(H,19,20). The van der Waals surface area contributed by atoms with E-state index in [-0.39, 0.29) is 5.91 Å². The van der Waals surface area contributed by atoms with Crippen LogP contribution in [0.5, 0.6) is 0 Å². The molecule has 0 unspecified atom stereocenters. The number of amides is 1. The molecule has 2 rings (SSSR count). The third kappa shape index (κ3) is 4.60. The maximum Gasteiger partial charge on any atom is 0.251 e. The molecular formula is C17H18FNOS.